The van der Waals surface area contributed by atoms with Crippen LogP contribution in [0.5, 0.6) is 0 Å². The highest BCUT2D eigenvalue weighted by Crippen LogP contribution is 2.28. The van der Waals surface area contributed by atoms with Gasteiger partial charge < -0.3 is 10.4 Å². The molecule has 0 saturated heterocycles. The van der Waals surface area contributed by atoms with Crippen LogP contribution in [0, 0.1) is 17.7 Å². The third-order valence-corrected chi connectivity index (χ3v) is 4.58. The van der Waals surface area contributed by atoms with Crippen molar-refractivity contribution in [3.8, 4) is 0 Å². The molecule has 0 unspecified atom stereocenters. The molecule has 2 aromatic rings. The third kappa shape index (κ3) is 4.11. The molecule has 0 aliphatic heterocycles. The van der Waals surface area contributed by atoms with Crippen LogP contribution in [-0.2, 0) is 16.1 Å². The highest BCUT2D eigenvalue weighted by molar-refractivity contribution is 6.33. The highest BCUT2D eigenvalue weighted by Gasteiger charge is 2.34. The molecule has 0 radical (unpaired) electrons. The van der Waals surface area contributed by atoms with E-state index in [1.165, 1.54) is 16.8 Å². The quantitative estimate of drug-likeness (QED) is 0.783. The molecular formula is C18H17ClFN3O3. The molecule has 1 amide bonds. The number of carboxylic acid groups (broad SMARTS) is 1. The first-order valence-electron chi connectivity index (χ1n) is 8.10. The van der Waals surface area contributed by atoms with E-state index in [2.05, 4.69) is 10.4 Å². The number of amides is 1. The maximum Gasteiger partial charge on any atom is 0.307 e. The van der Waals surface area contributed by atoms with E-state index in [9.17, 15) is 19.1 Å². The van der Waals surface area contributed by atoms with Crippen LogP contribution in [0.15, 0.2) is 42.6 Å². The Labute approximate surface area is 154 Å². The monoisotopic (exact) mass is 377 g/mol. The first-order chi connectivity index (χ1) is 12.4. The lowest BCUT2D eigenvalue weighted by molar-refractivity contribution is -0.146. The van der Waals surface area contributed by atoms with Crippen molar-refractivity contribution in [3.05, 3.63) is 59.0 Å². The SMILES string of the molecule is O=C(O)[C@@H]1CC=CC[C@H]1C(=O)Nc1nn(Cc2ccc(F)cc2)cc1Cl. The predicted molar refractivity (Wildman–Crippen MR) is 94.4 cm³/mol. The smallest absolute Gasteiger partial charge is 0.307 e. The maximum absolute atomic E-state index is 13.0. The van der Waals surface area contributed by atoms with Gasteiger partial charge in [0.1, 0.15) is 10.8 Å². The summed E-state index contributed by atoms with van der Waals surface area (Å²) in [4.78, 5) is 23.8. The van der Waals surface area contributed by atoms with E-state index < -0.39 is 23.7 Å². The number of benzene rings is 1. The van der Waals surface area contributed by atoms with Crippen molar-refractivity contribution in [2.45, 2.75) is 19.4 Å². The van der Waals surface area contributed by atoms with E-state index in [1.807, 2.05) is 0 Å². The molecular weight excluding hydrogens is 361 g/mol. The van der Waals surface area contributed by atoms with Crippen LogP contribution in [0.1, 0.15) is 18.4 Å². The third-order valence-electron chi connectivity index (χ3n) is 4.30. The summed E-state index contributed by atoms with van der Waals surface area (Å²) in [6, 6.07) is 5.97. The van der Waals surface area contributed by atoms with Crippen molar-refractivity contribution in [2.75, 3.05) is 5.32 Å². The summed E-state index contributed by atoms with van der Waals surface area (Å²) in [5, 5.41) is 16.4. The number of carbonyl (C=O) groups is 2. The van der Waals surface area contributed by atoms with Crippen molar-refractivity contribution >= 4 is 29.3 Å². The summed E-state index contributed by atoms with van der Waals surface area (Å²) >= 11 is 6.13. The molecule has 1 aromatic carbocycles. The Morgan fingerprint density at radius 2 is 1.88 bits per heavy atom. The zero-order valence-corrected chi connectivity index (χ0v) is 14.5. The van der Waals surface area contributed by atoms with Gasteiger partial charge >= 0.3 is 5.97 Å². The number of halogens is 2. The summed E-state index contributed by atoms with van der Waals surface area (Å²) in [7, 11) is 0. The first kappa shape index (κ1) is 18.1. The molecule has 6 nitrogen and oxygen atoms in total. The fraction of sp³-hybridized carbons (Fsp3) is 0.278. The number of hydrogen-bond acceptors (Lipinski definition) is 3. The predicted octanol–water partition coefficient (Wildman–Crippen LogP) is 3.33. The second kappa shape index (κ2) is 7.70. The lowest BCUT2D eigenvalue weighted by Crippen LogP contribution is -2.34. The molecule has 26 heavy (non-hydrogen) atoms. The molecule has 0 spiro atoms. The highest BCUT2D eigenvalue weighted by atomic mass is 35.5. The van der Waals surface area contributed by atoms with Crippen LogP contribution >= 0.6 is 11.6 Å². The van der Waals surface area contributed by atoms with Gasteiger partial charge in [0, 0.05) is 6.20 Å². The van der Waals surface area contributed by atoms with Gasteiger partial charge in [0.2, 0.25) is 5.91 Å². The standard InChI is InChI=1S/C18H17ClFN3O3/c19-15-10-23(9-11-5-7-12(20)8-6-11)22-16(15)21-17(24)13-3-1-2-4-14(13)18(25)26/h1-2,5-8,10,13-14H,3-4,9H2,(H,25,26)(H,21,22,24)/t13-,14-/m1/s1. The number of aromatic nitrogens is 2. The van der Waals surface area contributed by atoms with Gasteiger partial charge in [0.05, 0.1) is 18.4 Å². The molecule has 1 heterocycles. The Morgan fingerprint density at radius 1 is 1.23 bits per heavy atom. The average Bonchev–Trinajstić information content (AvgIpc) is 2.96. The Morgan fingerprint density at radius 3 is 2.54 bits per heavy atom. The molecule has 3 rings (SSSR count). The van der Waals surface area contributed by atoms with E-state index in [-0.39, 0.29) is 16.7 Å². The number of hydrogen-bond donors (Lipinski definition) is 2. The first-order valence-corrected chi connectivity index (χ1v) is 8.48. The minimum Gasteiger partial charge on any atom is -0.481 e. The number of anilines is 1. The van der Waals surface area contributed by atoms with E-state index >= 15 is 0 Å². The van der Waals surface area contributed by atoms with Gasteiger partial charge in [-0.2, -0.15) is 5.10 Å². The number of aliphatic carboxylic acids is 1. The second-order valence-corrected chi connectivity index (χ2v) is 6.54. The van der Waals surface area contributed by atoms with Crippen molar-refractivity contribution in [1.82, 2.24) is 9.78 Å². The van der Waals surface area contributed by atoms with Gasteiger partial charge in [0.25, 0.3) is 0 Å². The number of rotatable bonds is 5. The van der Waals surface area contributed by atoms with Crippen LogP contribution < -0.4 is 5.32 Å². The molecule has 136 valence electrons. The molecule has 0 fully saturated rings. The van der Waals surface area contributed by atoms with Crippen molar-refractivity contribution in [1.29, 1.82) is 0 Å². The van der Waals surface area contributed by atoms with E-state index in [0.29, 0.717) is 19.4 Å². The number of allylic oxidation sites excluding steroid dienone is 2. The van der Waals surface area contributed by atoms with E-state index in [0.717, 1.165) is 5.56 Å². The fourth-order valence-electron chi connectivity index (χ4n) is 2.93. The number of carbonyl (C=O) groups excluding carboxylic acids is 1. The summed E-state index contributed by atoms with van der Waals surface area (Å²) in [5.74, 6) is -3.00. The molecule has 0 saturated carbocycles. The van der Waals surface area contributed by atoms with Crippen molar-refractivity contribution in [3.63, 3.8) is 0 Å². The van der Waals surface area contributed by atoms with Crippen LogP contribution in [-0.4, -0.2) is 26.8 Å². The van der Waals surface area contributed by atoms with Gasteiger partial charge in [-0.1, -0.05) is 35.9 Å². The topological polar surface area (TPSA) is 84.2 Å². The molecule has 1 aromatic heterocycles. The zero-order chi connectivity index (χ0) is 18.7. The molecule has 8 heteroatoms. The minimum atomic E-state index is -0.998. The minimum absolute atomic E-state index is 0.178. The van der Waals surface area contributed by atoms with Crippen LogP contribution in [0.3, 0.4) is 0 Å². The van der Waals surface area contributed by atoms with Crippen LogP contribution in [0.4, 0.5) is 10.2 Å². The molecule has 1 aliphatic rings. The summed E-state index contributed by atoms with van der Waals surface area (Å²) < 4.78 is 14.5. The second-order valence-electron chi connectivity index (χ2n) is 6.13. The normalized spacial score (nSPS) is 19.3. The van der Waals surface area contributed by atoms with Crippen LogP contribution in [0.25, 0.3) is 0 Å². The average molecular weight is 378 g/mol. The lowest BCUT2D eigenvalue weighted by atomic mass is 9.82. The zero-order valence-electron chi connectivity index (χ0n) is 13.7. The maximum atomic E-state index is 13.0. The van der Waals surface area contributed by atoms with Crippen molar-refractivity contribution < 1.29 is 19.1 Å². The number of nitrogens with zero attached hydrogens (tertiary/aromatic N) is 2. The molecule has 2 N–H and O–H groups in total. The number of carboxylic acids is 1. The molecule has 2 atom stereocenters. The van der Waals surface area contributed by atoms with Gasteiger partial charge in [0.15, 0.2) is 5.82 Å². The van der Waals surface area contributed by atoms with E-state index in [4.69, 9.17) is 11.6 Å². The van der Waals surface area contributed by atoms with Gasteiger partial charge in [-0.05, 0) is 30.5 Å². The Kier molecular flexibility index (Phi) is 5.37. The van der Waals surface area contributed by atoms with Gasteiger partial charge in [-0.15, -0.1) is 0 Å². The number of nitrogens with one attached hydrogen (secondary N) is 1. The summed E-state index contributed by atoms with van der Waals surface area (Å²) in [5.41, 5.74) is 0.826. The summed E-state index contributed by atoms with van der Waals surface area (Å²) in [6.07, 6.45) is 5.80. The summed E-state index contributed by atoms with van der Waals surface area (Å²) in [6.45, 7) is 0.361. The Bertz CT molecular complexity index is 848. The van der Waals surface area contributed by atoms with Gasteiger partial charge in [-0.25, -0.2) is 4.39 Å². The largest absolute Gasteiger partial charge is 0.481 e. The molecule has 1 aliphatic carbocycles. The Balaban J connectivity index is 1.70. The van der Waals surface area contributed by atoms with Crippen LogP contribution in [0.2, 0.25) is 5.02 Å². The lowest BCUT2D eigenvalue weighted by Gasteiger charge is -2.23. The van der Waals surface area contributed by atoms with E-state index in [1.54, 1.807) is 30.5 Å². The fourth-order valence-corrected chi connectivity index (χ4v) is 3.12. The molecule has 0 bridgehead atoms. The van der Waals surface area contributed by atoms with Gasteiger partial charge in [-0.3, -0.25) is 14.3 Å². The Hall–Kier alpha value is -2.67. The van der Waals surface area contributed by atoms with Crippen molar-refractivity contribution in [2.24, 2.45) is 11.8 Å².